The van der Waals surface area contributed by atoms with Crippen LogP contribution in [0.2, 0.25) is 5.02 Å². The molecule has 0 saturated carbocycles. The molecule has 0 bridgehead atoms. The fourth-order valence-corrected chi connectivity index (χ4v) is 5.76. The maximum atomic E-state index is 13.5. The van der Waals surface area contributed by atoms with Crippen LogP contribution in [0.25, 0.3) is 17.0 Å². The van der Waals surface area contributed by atoms with Crippen LogP contribution in [0, 0.1) is 0 Å². The van der Waals surface area contributed by atoms with Gasteiger partial charge < -0.3 is 15.0 Å². The molecule has 0 aliphatic carbocycles. The summed E-state index contributed by atoms with van der Waals surface area (Å²) in [5.41, 5.74) is 0.0547. The average molecular weight is 606 g/mol. The van der Waals surface area contributed by atoms with Crippen molar-refractivity contribution in [2.45, 2.75) is 51.6 Å². The van der Waals surface area contributed by atoms with Crippen LogP contribution in [-0.2, 0) is 22.3 Å². The van der Waals surface area contributed by atoms with Gasteiger partial charge in [0.05, 0.1) is 34.8 Å². The maximum Gasteiger partial charge on any atom is 0.416 e. The monoisotopic (exact) mass is 605 g/mol. The summed E-state index contributed by atoms with van der Waals surface area (Å²) in [5.74, 6) is -0.355. The number of carbonyl (C=O) groups is 2. The molecule has 13 heteroatoms. The number of amidine groups is 1. The molecule has 1 unspecified atom stereocenters. The highest BCUT2D eigenvalue weighted by Crippen LogP contribution is 2.35. The largest absolute Gasteiger partial charge is 0.444 e. The summed E-state index contributed by atoms with van der Waals surface area (Å²) in [5, 5.41) is 8.46. The highest BCUT2D eigenvalue weighted by atomic mass is 35.5. The molecule has 3 heterocycles. The third-order valence-corrected chi connectivity index (χ3v) is 7.73. The van der Waals surface area contributed by atoms with E-state index in [4.69, 9.17) is 16.3 Å². The summed E-state index contributed by atoms with van der Waals surface area (Å²) in [4.78, 5) is 31.4. The number of ether oxygens (including phenoxy) is 1. The van der Waals surface area contributed by atoms with Gasteiger partial charge in [0.25, 0.3) is 5.91 Å². The normalized spacial score (nSPS) is 18.9. The Hall–Kier alpha value is -3.51. The van der Waals surface area contributed by atoms with Gasteiger partial charge in [-0.25, -0.2) is 4.79 Å². The van der Waals surface area contributed by atoms with Crippen LogP contribution >= 0.6 is 23.4 Å². The van der Waals surface area contributed by atoms with Crippen LogP contribution in [0.4, 0.5) is 18.0 Å². The van der Waals surface area contributed by atoms with Gasteiger partial charge in [0.2, 0.25) is 0 Å². The summed E-state index contributed by atoms with van der Waals surface area (Å²) in [7, 11) is 0. The average Bonchev–Trinajstić information content (AvgIpc) is 3.58. The maximum absolute atomic E-state index is 13.5. The number of benzene rings is 2. The van der Waals surface area contributed by atoms with Gasteiger partial charge in [-0.3, -0.25) is 9.48 Å². The topological polar surface area (TPSA) is 88.8 Å². The first-order valence-electron chi connectivity index (χ1n) is 12.8. The Balaban J connectivity index is 1.26. The number of nitrogens with one attached hydrogen (secondary N) is 1. The van der Waals surface area contributed by atoms with Gasteiger partial charge in [0.15, 0.2) is 5.17 Å². The van der Waals surface area contributed by atoms with E-state index in [1.165, 1.54) is 28.6 Å². The van der Waals surface area contributed by atoms with E-state index in [9.17, 15) is 22.8 Å². The summed E-state index contributed by atoms with van der Waals surface area (Å²) in [6.45, 7) is 6.47. The summed E-state index contributed by atoms with van der Waals surface area (Å²) in [6.07, 6.45) is -1.01. The van der Waals surface area contributed by atoms with Gasteiger partial charge >= 0.3 is 12.3 Å². The lowest BCUT2D eigenvalue weighted by Gasteiger charge is -2.22. The van der Waals surface area contributed by atoms with Gasteiger partial charge in [-0.05, 0) is 80.4 Å². The van der Waals surface area contributed by atoms with E-state index in [1.54, 1.807) is 45.2 Å². The van der Waals surface area contributed by atoms with Crippen molar-refractivity contribution < 1.29 is 27.5 Å². The van der Waals surface area contributed by atoms with E-state index in [0.717, 1.165) is 11.6 Å². The number of rotatable bonds is 4. The zero-order valence-electron chi connectivity index (χ0n) is 22.5. The molecule has 1 fully saturated rings. The predicted octanol–water partition coefficient (Wildman–Crippen LogP) is 6.33. The van der Waals surface area contributed by atoms with Gasteiger partial charge in [0.1, 0.15) is 5.60 Å². The van der Waals surface area contributed by atoms with Gasteiger partial charge in [-0.2, -0.15) is 23.3 Å². The van der Waals surface area contributed by atoms with E-state index in [-0.39, 0.29) is 29.1 Å². The number of nitrogens with zero attached hydrogens (tertiary/aromatic N) is 4. The van der Waals surface area contributed by atoms with E-state index >= 15 is 0 Å². The Morgan fingerprint density at radius 3 is 2.73 bits per heavy atom. The minimum Gasteiger partial charge on any atom is -0.444 e. The molecule has 3 aromatic rings. The van der Waals surface area contributed by atoms with Crippen molar-refractivity contribution in [3.63, 3.8) is 0 Å². The number of hydrogen-bond donors (Lipinski definition) is 1. The zero-order chi connectivity index (χ0) is 29.5. The lowest BCUT2D eigenvalue weighted by molar-refractivity contribution is -0.138. The highest BCUT2D eigenvalue weighted by Gasteiger charge is 2.34. The first-order chi connectivity index (χ1) is 19.2. The third kappa shape index (κ3) is 6.87. The van der Waals surface area contributed by atoms with Crippen molar-refractivity contribution in [1.82, 2.24) is 20.0 Å². The Kier molecular flexibility index (Phi) is 7.82. The first-order valence-corrected chi connectivity index (χ1v) is 14.0. The number of alkyl halides is 3. The third-order valence-electron chi connectivity index (χ3n) is 6.45. The second-order valence-electron chi connectivity index (χ2n) is 10.8. The molecule has 1 saturated heterocycles. The highest BCUT2D eigenvalue weighted by molar-refractivity contribution is 8.18. The van der Waals surface area contributed by atoms with E-state index in [1.807, 2.05) is 11.0 Å². The zero-order valence-corrected chi connectivity index (χ0v) is 24.0. The number of alkyl carbamates (subject to hydrolysis) is 1. The van der Waals surface area contributed by atoms with Gasteiger partial charge in [-0.1, -0.05) is 23.7 Å². The molecular formula is C28H27ClF3N5O3S. The molecule has 1 atom stereocenters. The molecule has 216 valence electrons. The summed E-state index contributed by atoms with van der Waals surface area (Å²) in [6, 6.07) is 8.94. The Bertz CT molecular complexity index is 1580. The molecule has 2 aromatic carbocycles. The van der Waals surface area contributed by atoms with Crippen molar-refractivity contribution in [3.05, 3.63) is 69.2 Å². The molecule has 2 aliphatic rings. The Labute approximate surface area is 243 Å². The molecule has 1 aromatic heterocycles. The quantitative estimate of drug-likeness (QED) is 0.350. The molecule has 41 heavy (non-hydrogen) atoms. The van der Waals surface area contributed by atoms with E-state index < -0.39 is 23.4 Å². The van der Waals surface area contributed by atoms with Crippen LogP contribution in [-0.4, -0.2) is 56.6 Å². The predicted molar refractivity (Wildman–Crippen MR) is 153 cm³/mol. The van der Waals surface area contributed by atoms with Crippen molar-refractivity contribution in [2.75, 3.05) is 13.1 Å². The number of halogens is 4. The van der Waals surface area contributed by atoms with Crippen molar-refractivity contribution in [3.8, 4) is 0 Å². The molecule has 2 aliphatic heterocycles. The van der Waals surface area contributed by atoms with Gasteiger partial charge in [0, 0.05) is 23.5 Å². The van der Waals surface area contributed by atoms with Gasteiger partial charge in [-0.15, -0.1) is 0 Å². The molecular weight excluding hydrogens is 579 g/mol. The van der Waals surface area contributed by atoms with Crippen LogP contribution in [0.1, 0.15) is 43.9 Å². The standard InChI is InChI=1S/C28H27ClF3N5O3S/c1-27(2,3)40-26(39)34-20-8-9-36(15-20)25-35-24(38)23(41-25)11-16-4-7-22-18(10-16)13-33-37(22)14-17-5-6-19(29)12-21(17)28(30,31)32/h4-7,10-13,20H,8-9,14-15H2,1-3H3,(H,34,39)/b23-11-. The number of amides is 2. The lowest BCUT2D eigenvalue weighted by Crippen LogP contribution is -2.40. The van der Waals surface area contributed by atoms with Crippen LogP contribution in [0.15, 0.2) is 52.5 Å². The number of fused-ring (bicyclic) bond motifs is 1. The van der Waals surface area contributed by atoms with E-state index in [0.29, 0.717) is 40.5 Å². The molecule has 1 N–H and O–H groups in total. The fraction of sp³-hybridized carbons (Fsp3) is 0.357. The number of hydrogen-bond acceptors (Lipinski definition) is 6. The number of likely N-dealkylation sites (tertiary alicyclic amines) is 1. The van der Waals surface area contributed by atoms with Crippen LogP contribution < -0.4 is 5.32 Å². The second kappa shape index (κ2) is 11.1. The minimum atomic E-state index is -4.54. The summed E-state index contributed by atoms with van der Waals surface area (Å²) < 4.78 is 47.4. The SMILES string of the molecule is CC(C)(C)OC(=O)NC1CCN(C2=NC(=O)/C(=C/c3ccc4c(cnn4Cc4ccc(Cl)cc4C(F)(F)F)c3)S2)C1. The Morgan fingerprint density at radius 1 is 1.22 bits per heavy atom. The van der Waals surface area contributed by atoms with Crippen molar-refractivity contribution in [2.24, 2.45) is 4.99 Å². The molecule has 8 nitrogen and oxygen atoms in total. The second-order valence-corrected chi connectivity index (χ2v) is 12.3. The summed E-state index contributed by atoms with van der Waals surface area (Å²) >= 11 is 7.07. The number of carbonyl (C=O) groups excluding carboxylic acids is 2. The first kappa shape index (κ1) is 29.0. The molecule has 2 amide bonds. The van der Waals surface area contributed by atoms with Crippen LogP contribution in [0.5, 0.6) is 0 Å². The number of thioether (sulfide) groups is 1. The molecule has 0 radical (unpaired) electrons. The van der Waals surface area contributed by atoms with E-state index in [2.05, 4.69) is 15.4 Å². The molecule has 5 rings (SSSR count). The van der Waals surface area contributed by atoms with Crippen LogP contribution in [0.3, 0.4) is 0 Å². The molecule has 0 spiro atoms. The number of aliphatic imine (C=N–C) groups is 1. The smallest absolute Gasteiger partial charge is 0.416 e. The van der Waals surface area contributed by atoms with Crippen molar-refractivity contribution >= 4 is 57.5 Å². The number of aromatic nitrogens is 2. The van der Waals surface area contributed by atoms with Crippen molar-refractivity contribution in [1.29, 1.82) is 0 Å². The lowest BCUT2D eigenvalue weighted by atomic mass is 10.1. The minimum absolute atomic E-state index is 0.0116. The Morgan fingerprint density at radius 2 is 2.00 bits per heavy atom. The fourth-order valence-electron chi connectivity index (χ4n) is 4.64.